The van der Waals surface area contributed by atoms with E-state index in [2.05, 4.69) is 5.32 Å². The Morgan fingerprint density at radius 2 is 1.89 bits per heavy atom. The fourth-order valence-corrected chi connectivity index (χ4v) is 3.50. The molecular weight excluding hydrogens is 260 g/mol. The third kappa shape index (κ3) is 3.49. The first-order chi connectivity index (χ1) is 8.46. The van der Waals surface area contributed by atoms with E-state index in [1.807, 2.05) is 0 Å². The van der Waals surface area contributed by atoms with Gasteiger partial charge in [0, 0.05) is 24.2 Å². The van der Waals surface area contributed by atoms with E-state index in [1.54, 1.807) is 0 Å². The highest BCUT2D eigenvalue weighted by molar-refractivity contribution is 7.91. The van der Waals surface area contributed by atoms with Crippen LogP contribution in [0.1, 0.15) is 18.4 Å². The Kier molecular flexibility index (Phi) is 3.97. The van der Waals surface area contributed by atoms with Crippen LogP contribution in [0.15, 0.2) is 18.2 Å². The van der Waals surface area contributed by atoms with E-state index in [9.17, 15) is 17.2 Å². The zero-order valence-corrected chi connectivity index (χ0v) is 10.6. The Balaban J connectivity index is 1.89. The van der Waals surface area contributed by atoms with Gasteiger partial charge >= 0.3 is 0 Å². The number of hydrogen-bond donors (Lipinski definition) is 1. The lowest BCUT2D eigenvalue weighted by Crippen LogP contribution is -2.37. The lowest BCUT2D eigenvalue weighted by molar-refractivity contribution is 0.455. The summed E-state index contributed by atoms with van der Waals surface area (Å²) in [6.07, 6.45) is 1.09. The molecule has 1 heterocycles. The Hall–Kier alpha value is -1.01. The topological polar surface area (TPSA) is 46.2 Å². The molecule has 0 aliphatic carbocycles. The van der Waals surface area contributed by atoms with E-state index in [-0.39, 0.29) is 24.1 Å². The summed E-state index contributed by atoms with van der Waals surface area (Å²) in [4.78, 5) is 0. The van der Waals surface area contributed by atoms with Gasteiger partial charge in [0.1, 0.15) is 21.5 Å². The summed E-state index contributed by atoms with van der Waals surface area (Å²) in [6.45, 7) is 0.289. The fraction of sp³-hybridized carbons (Fsp3) is 0.500. The van der Waals surface area contributed by atoms with Crippen molar-refractivity contribution in [1.29, 1.82) is 0 Å². The van der Waals surface area contributed by atoms with E-state index >= 15 is 0 Å². The number of hydrogen-bond acceptors (Lipinski definition) is 3. The molecule has 0 atom stereocenters. The average molecular weight is 275 g/mol. The molecule has 1 fully saturated rings. The van der Waals surface area contributed by atoms with Crippen molar-refractivity contribution in [2.75, 3.05) is 11.5 Å². The van der Waals surface area contributed by atoms with Crippen molar-refractivity contribution < 1.29 is 17.2 Å². The summed E-state index contributed by atoms with van der Waals surface area (Å²) in [6, 6.07) is 3.54. The van der Waals surface area contributed by atoms with Crippen LogP contribution in [0.25, 0.3) is 0 Å². The van der Waals surface area contributed by atoms with Crippen LogP contribution in [0.4, 0.5) is 8.78 Å². The monoisotopic (exact) mass is 275 g/mol. The smallest absolute Gasteiger partial charge is 0.150 e. The predicted molar refractivity (Wildman–Crippen MR) is 64.9 cm³/mol. The predicted octanol–water partition coefficient (Wildman–Crippen LogP) is 1.63. The summed E-state index contributed by atoms with van der Waals surface area (Å²) in [7, 11) is -2.88. The normalized spacial score (nSPS) is 19.9. The number of nitrogens with one attached hydrogen (secondary N) is 1. The van der Waals surface area contributed by atoms with Gasteiger partial charge in [-0.2, -0.15) is 0 Å². The van der Waals surface area contributed by atoms with Crippen LogP contribution in [0.3, 0.4) is 0 Å². The summed E-state index contributed by atoms with van der Waals surface area (Å²) in [5, 5.41) is 3.11. The Bertz CT molecular complexity index is 517. The van der Waals surface area contributed by atoms with Crippen LogP contribution in [-0.2, 0) is 16.4 Å². The van der Waals surface area contributed by atoms with E-state index < -0.39 is 21.5 Å². The first kappa shape index (κ1) is 13.4. The van der Waals surface area contributed by atoms with Crippen LogP contribution in [-0.4, -0.2) is 26.0 Å². The number of sulfone groups is 1. The molecule has 1 aromatic carbocycles. The van der Waals surface area contributed by atoms with Crippen LogP contribution < -0.4 is 5.32 Å². The minimum absolute atomic E-state index is 0.0815. The van der Waals surface area contributed by atoms with Crippen molar-refractivity contribution in [2.45, 2.75) is 25.4 Å². The Morgan fingerprint density at radius 1 is 1.22 bits per heavy atom. The molecule has 1 N–H and O–H groups in total. The molecule has 6 heteroatoms. The third-order valence-corrected chi connectivity index (χ3v) is 4.87. The summed E-state index contributed by atoms with van der Waals surface area (Å²) < 4.78 is 48.5. The fourth-order valence-electron chi connectivity index (χ4n) is 2.01. The second-order valence-corrected chi connectivity index (χ2v) is 6.85. The largest absolute Gasteiger partial charge is 0.310 e. The molecule has 1 aromatic rings. The lowest BCUT2D eigenvalue weighted by atomic mass is 10.1. The molecule has 0 amide bonds. The van der Waals surface area contributed by atoms with Crippen molar-refractivity contribution in [2.24, 2.45) is 0 Å². The van der Waals surface area contributed by atoms with Gasteiger partial charge in [-0.25, -0.2) is 17.2 Å². The Morgan fingerprint density at radius 3 is 2.50 bits per heavy atom. The van der Waals surface area contributed by atoms with Gasteiger partial charge in [0.15, 0.2) is 0 Å². The molecule has 3 nitrogen and oxygen atoms in total. The molecule has 1 aliphatic rings. The number of benzene rings is 1. The quantitative estimate of drug-likeness (QED) is 0.912. The molecule has 0 aromatic heterocycles. The van der Waals surface area contributed by atoms with Crippen molar-refractivity contribution in [3.63, 3.8) is 0 Å². The van der Waals surface area contributed by atoms with Crippen LogP contribution in [0, 0.1) is 11.6 Å². The van der Waals surface area contributed by atoms with E-state index in [4.69, 9.17) is 0 Å². The maximum Gasteiger partial charge on any atom is 0.150 e. The zero-order valence-electron chi connectivity index (χ0n) is 9.83. The van der Waals surface area contributed by atoms with Crippen molar-refractivity contribution in [3.8, 4) is 0 Å². The molecule has 1 aliphatic heterocycles. The minimum atomic E-state index is -2.88. The van der Waals surface area contributed by atoms with Gasteiger partial charge in [-0.3, -0.25) is 0 Å². The van der Waals surface area contributed by atoms with Gasteiger partial charge in [0.25, 0.3) is 0 Å². The standard InChI is InChI=1S/C12H15F2NO2S/c13-10-2-1-9(12(14)7-10)8-15-11-3-5-18(16,17)6-4-11/h1-2,7,11,15H,3-6,8H2. The maximum atomic E-state index is 13.4. The van der Waals surface area contributed by atoms with Crippen molar-refractivity contribution in [1.82, 2.24) is 5.32 Å². The maximum absolute atomic E-state index is 13.4. The van der Waals surface area contributed by atoms with Crippen molar-refractivity contribution in [3.05, 3.63) is 35.4 Å². The molecule has 0 saturated carbocycles. The summed E-state index contributed by atoms with van der Waals surface area (Å²) in [5.74, 6) is -0.821. The SMILES string of the molecule is O=S1(=O)CCC(NCc2ccc(F)cc2F)CC1. The zero-order chi connectivity index (χ0) is 13.2. The third-order valence-electron chi connectivity index (χ3n) is 3.15. The molecule has 100 valence electrons. The van der Waals surface area contributed by atoms with Crippen LogP contribution in [0.5, 0.6) is 0 Å². The molecule has 1 saturated heterocycles. The van der Waals surface area contributed by atoms with Gasteiger partial charge in [0.05, 0.1) is 11.5 Å². The molecular formula is C12H15F2NO2S. The average Bonchev–Trinajstić information content (AvgIpc) is 2.29. The first-order valence-electron chi connectivity index (χ1n) is 5.84. The summed E-state index contributed by atoms with van der Waals surface area (Å²) >= 11 is 0. The first-order valence-corrected chi connectivity index (χ1v) is 7.66. The number of rotatable bonds is 3. The molecule has 0 bridgehead atoms. The second-order valence-electron chi connectivity index (χ2n) is 4.54. The molecule has 18 heavy (non-hydrogen) atoms. The minimum Gasteiger partial charge on any atom is -0.310 e. The van der Waals surface area contributed by atoms with E-state index in [1.165, 1.54) is 12.1 Å². The highest BCUT2D eigenvalue weighted by Gasteiger charge is 2.23. The van der Waals surface area contributed by atoms with Gasteiger partial charge in [-0.1, -0.05) is 6.07 Å². The lowest BCUT2D eigenvalue weighted by Gasteiger charge is -2.23. The van der Waals surface area contributed by atoms with Gasteiger partial charge < -0.3 is 5.32 Å². The molecule has 0 radical (unpaired) electrons. The van der Waals surface area contributed by atoms with Crippen LogP contribution >= 0.6 is 0 Å². The number of halogens is 2. The molecule has 2 rings (SSSR count). The molecule has 0 spiro atoms. The van der Waals surface area contributed by atoms with Gasteiger partial charge in [-0.15, -0.1) is 0 Å². The van der Waals surface area contributed by atoms with Crippen molar-refractivity contribution >= 4 is 9.84 Å². The van der Waals surface area contributed by atoms with E-state index in [0.29, 0.717) is 18.4 Å². The van der Waals surface area contributed by atoms with Gasteiger partial charge in [0.2, 0.25) is 0 Å². The van der Waals surface area contributed by atoms with Gasteiger partial charge in [-0.05, 0) is 18.9 Å². The Labute approximate surface area is 105 Å². The van der Waals surface area contributed by atoms with Crippen LogP contribution in [0.2, 0.25) is 0 Å². The molecule has 0 unspecified atom stereocenters. The highest BCUT2D eigenvalue weighted by Crippen LogP contribution is 2.14. The summed E-state index contributed by atoms with van der Waals surface area (Å²) in [5.41, 5.74) is 0.393. The second kappa shape index (κ2) is 5.32. The highest BCUT2D eigenvalue weighted by atomic mass is 32.2. The van der Waals surface area contributed by atoms with E-state index in [0.717, 1.165) is 6.07 Å².